The molecule has 6 nitrogen and oxygen atoms in total. The highest BCUT2D eigenvalue weighted by Gasteiger charge is 2.20. The molecule has 0 aliphatic carbocycles. The van der Waals surface area contributed by atoms with Crippen LogP contribution in [0.4, 0.5) is 4.39 Å². The third kappa shape index (κ3) is 4.55. The third-order valence-corrected chi connectivity index (χ3v) is 6.23. The zero-order valence-corrected chi connectivity index (χ0v) is 17.8. The van der Waals surface area contributed by atoms with Crippen LogP contribution in [-0.2, 0) is 12.3 Å². The molecule has 158 valence electrons. The molecule has 1 fully saturated rings. The van der Waals surface area contributed by atoms with E-state index in [9.17, 15) is 4.39 Å². The van der Waals surface area contributed by atoms with E-state index in [0.29, 0.717) is 11.6 Å². The van der Waals surface area contributed by atoms with Crippen molar-refractivity contribution in [1.82, 2.24) is 24.6 Å². The van der Waals surface area contributed by atoms with E-state index in [4.69, 9.17) is 4.42 Å². The number of nitrogens with zero attached hydrogens (tertiary/aromatic N) is 5. The Bertz CT molecular complexity index is 1140. The first-order valence-corrected chi connectivity index (χ1v) is 11.3. The van der Waals surface area contributed by atoms with E-state index in [1.807, 2.05) is 18.2 Å². The minimum Gasteiger partial charge on any atom is -0.444 e. The van der Waals surface area contributed by atoms with Crippen LogP contribution < -0.4 is 0 Å². The summed E-state index contributed by atoms with van der Waals surface area (Å²) in [5.74, 6) is 1.74. The average molecular weight is 436 g/mol. The molecule has 4 aromatic rings. The van der Waals surface area contributed by atoms with Crippen molar-refractivity contribution in [2.75, 3.05) is 13.1 Å². The summed E-state index contributed by atoms with van der Waals surface area (Å²) in [6, 6.07) is 16.3. The molecule has 2 aromatic carbocycles. The highest BCUT2D eigenvalue weighted by molar-refractivity contribution is 7.98. The van der Waals surface area contributed by atoms with Crippen LogP contribution >= 0.6 is 11.8 Å². The molecule has 3 heterocycles. The van der Waals surface area contributed by atoms with Gasteiger partial charge >= 0.3 is 0 Å². The summed E-state index contributed by atoms with van der Waals surface area (Å²) >= 11 is 1.57. The van der Waals surface area contributed by atoms with Gasteiger partial charge in [0.15, 0.2) is 11.0 Å². The van der Waals surface area contributed by atoms with Crippen LogP contribution in [0.2, 0.25) is 0 Å². The Morgan fingerprint density at radius 1 is 0.968 bits per heavy atom. The van der Waals surface area contributed by atoms with Crippen molar-refractivity contribution in [3.05, 3.63) is 78.2 Å². The number of thioether (sulfide) groups is 1. The first-order chi connectivity index (χ1) is 15.3. The lowest BCUT2D eigenvalue weighted by molar-refractivity contribution is 0.319. The molecule has 0 radical (unpaired) electrons. The van der Waals surface area contributed by atoms with Gasteiger partial charge in [0, 0.05) is 17.0 Å². The summed E-state index contributed by atoms with van der Waals surface area (Å²) in [7, 11) is 0. The quantitative estimate of drug-likeness (QED) is 0.383. The summed E-state index contributed by atoms with van der Waals surface area (Å²) in [4.78, 5) is 6.96. The highest BCUT2D eigenvalue weighted by Crippen LogP contribution is 2.27. The molecular weight excluding hydrogens is 413 g/mol. The number of hydrogen-bond donors (Lipinski definition) is 0. The fraction of sp³-hybridized carbons (Fsp3) is 0.261. The molecule has 1 aliphatic rings. The lowest BCUT2D eigenvalue weighted by Crippen LogP contribution is -2.21. The molecule has 5 rings (SSSR count). The van der Waals surface area contributed by atoms with Crippen molar-refractivity contribution in [1.29, 1.82) is 0 Å². The predicted octanol–water partition coefficient (Wildman–Crippen LogP) is 4.95. The van der Waals surface area contributed by atoms with Crippen molar-refractivity contribution < 1.29 is 8.81 Å². The minimum absolute atomic E-state index is 0.281. The van der Waals surface area contributed by atoms with Gasteiger partial charge in [0.2, 0.25) is 5.89 Å². The van der Waals surface area contributed by atoms with Crippen molar-refractivity contribution >= 4 is 11.8 Å². The molecule has 0 atom stereocenters. The van der Waals surface area contributed by atoms with Crippen LogP contribution in [-0.4, -0.2) is 37.7 Å². The molecule has 1 saturated heterocycles. The number of hydrogen-bond acceptors (Lipinski definition) is 6. The van der Waals surface area contributed by atoms with Gasteiger partial charge in [0.05, 0.1) is 12.2 Å². The molecule has 1 aliphatic heterocycles. The lowest BCUT2D eigenvalue weighted by atomic mass is 10.2. The molecule has 2 aromatic heterocycles. The van der Waals surface area contributed by atoms with E-state index in [0.717, 1.165) is 47.6 Å². The van der Waals surface area contributed by atoms with Crippen LogP contribution in [0.25, 0.3) is 17.1 Å². The monoisotopic (exact) mass is 435 g/mol. The van der Waals surface area contributed by atoms with E-state index in [1.54, 1.807) is 30.2 Å². The molecule has 0 spiro atoms. The van der Waals surface area contributed by atoms with Gasteiger partial charge in [-0.2, -0.15) is 0 Å². The van der Waals surface area contributed by atoms with Crippen LogP contribution in [0.3, 0.4) is 0 Å². The Kier molecular flexibility index (Phi) is 5.82. The Labute approximate surface area is 184 Å². The van der Waals surface area contributed by atoms with E-state index >= 15 is 0 Å². The summed E-state index contributed by atoms with van der Waals surface area (Å²) in [5.41, 5.74) is 2.60. The molecule has 8 heteroatoms. The van der Waals surface area contributed by atoms with Crippen molar-refractivity contribution in [3.8, 4) is 17.1 Å². The smallest absolute Gasteiger partial charge is 0.226 e. The van der Waals surface area contributed by atoms with E-state index < -0.39 is 0 Å². The van der Waals surface area contributed by atoms with E-state index in [-0.39, 0.29) is 5.82 Å². The van der Waals surface area contributed by atoms with E-state index in [1.165, 1.54) is 25.0 Å². The Morgan fingerprint density at radius 3 is 2.52 bits per heavy atom. The van der Waals surface area contributed by atoms with Gasteiger partial charge in [-0.25, -0.2) is 9.37 Å². The SMILES string of the molecule is Fc1ccc(-c2nc(CSc3nnc(CN4CCCC4)n3-c3ccccc3)co2)cc1. The highest BCUT2D eigenvalue weighted by atomic mass is 32.2. The number of rotatable bonds is 7. The van der Waals surface area contributed by atoms with Gasteiger partial charge in [-0.3, -0.25) is 9.47 Å². The second-order valence-corrected chi connectivity index (χ2v) is 8.44. The first kappa shape index (κ1) is 20.0. The average Bonchev–Trinajstić information content (AvgIpc) is 3.55. The number of halogens is 1. The molecule has 31 heavy (non-hydrogen) atoms. The van der Waals surface area contributed by atoms with Crippen molar-refractivity contribution in [3.63, 3.8) is 0 Å². The molecular formula is C23H22FN5OS. The Balaban J connectivity index is 1.35. The number of likely N-dealkylation sites (tertiary alicyclic amines) is 1. The maximum absolute atomic E-state index is 13.2. The van der Waals surface area contributed by atoms with Crippen LogP contribution in [0.15, 0.2) is 70.4 Å². The van der Waals surface area contributed by atoms with Gasteiger partial charge in [-0.05, 0) is 62.3 Å². The standard InChI is InChI=1S/C23H22FN5OS/c24-18-10-8-17(9-11-18)22-25-19(15-30-22)16-31-23-27-26-21(14-28-12-4-5-13-28)29(23)20-6-2-1-3-7-20/h1-3,6-11,15H,4-5,12-14,16H2. The molecule has 0 unspecified atom stereocenters. The van der Waals surface area contributed by atoms with E-state index in [2.05, 4.69) is 36.8 Å². The zero-order valence-electron chi connectivity index (χ0n) is 16.9. The number of aromatic nitrogens is 4. The molecule has 0 bridgehead atoms. The molecule has 0 amide bonds. The van der Waals surface area contributed by atoms with Gasteiger partial charge in [-0.1, -0.05) is 30.0 Å². The number of benzene rings is 2. The van der Waals surface area contributed by atoms with Crippen LogP contribution in [0.1, 0.15) is 24.4 Å². The Hall–Kier alpha value is -2.97. The second-order valence-electron chi connectivity index (χ2n) is 7.49. The molecule has 0 saturated carbocycles. The van der Waals surface area contributed by atoms with Gasteiger partial charge in [-0.15, -0.1) is 10.2 Å². The summed E-state index contributed by atoms with van der Waals surface area (Å²) in [6.07, 6.45) is 4.12. The van der Waals surface area contributed by atoms with Gasteiger partial charge < -0.3 is 4.42 Å². The largest absolute Gasteiger partial charge is 0.444 e. The minimum atomic E-state index is -0.281. The second kappa shape index (κ2) is 9.03. The maximum atomic E-state index is 13.2. The van der Waals surface area contributed by atoms with Crippen molar-refractivity contribution in [2.24, 2.45) is 0 Å². The summed E-state index contributed by atoms with van der Waals surface area (Å²) in [5, 5.41) is 9.80. The van der Waals surface area contributed by atoms with Crippen LogP contribution in [0.5, 0.6) is 0 Å². The lowest BCUT2D eigenvalue weighted by Gasteiger charge is -2.15. The third-order valence-electron chi connectivity index (χ3n) is 5.27. The zero-order chi connectivity index (χ0) is 21.0. The number of oxazole rings is 1. The molecule has 0 N–H and O–H groups in total. The summed E-state index contributed by atoms with van der Waals surface area (Å²) < 4.78 is 20.9. The fourth-order valence-corrected chi connectivity index (χ4v) is 4.56. The van der Waals surface area contributed by atoms with Crippen LogP contribution in [0, 0.1) is 5.82 Å². The predicted molar refractivity (Wildman–Crippen MR) is 117 cm³/mol. The Morgan fingerprint density at radius 2 is 1.74 bits per heavy atom. The number of para-hydroxylation sites is 1. The normalized spacial score (nSPS) is 14.4. The maximum Gasteiger partial charge on any atom is 0.226 e. The fourth-order valence-electron chi connectivity index (χ4n) is 3.71. The van der Waals surface area contributed by atoms with Gasteiger partial charge in [0.1, 0.15) is 12.1 Å². The summed E-state index contributed by atoms with van der Waals surface area (Å²) in [6.45, 7) is 3.01. The topological polar surface area (TPSA) is 60.0 Å². The van der Waals surface area contributed by atoms with Crippen molar-refractivity contribution in [2.45, 2.75) is 30.3 Å². The van der Waals surface area contributed by atoms with Gasteiger partial charge in [0.25, 0.3) is 0 Å². The first-order valence-electron chi connectivity index (χ1n) is 10.3.